The van der Waals surface area contributed by atoms with Crippen molar-refractivity contribution < 1.29 is 23.8 Å². The molecule has 1 aromatic rings. The van der Waals surface area contributed by atoms with Gasteiger partial charge in [0.25, 0.3) is 5.91 Å². The zero-order valence-corrected chi connectivity index (χ0v) is 11.8. The van der Waals surface area contributed by atoms with Gasteiger partial charge in [-0.25, -0.2) is 0 Å². The Balaban J connectivity index is 1.96. The molecular weight excluding hydrogens is 280 g/mol. The summed E-state index contributed by atoms with van der Waals surface area (Å²) in [4.78, 5) is 11.6. The zero-order valence-electron chi connectivity index (χ0n) is 11.8. The second kappa shape index (κ2) is 5.69. The molecule has 6 heteroatoms. The third kappa shape index (κ3) is 2.91. The number of carbonyl (C=O) groups is 1. The first kappa shape index (κ1) is 15.9. The van der Waals surface area contributed by atoms with Crippen LogP contribution in [0.15, 0.2) is 24.3 Å². The van der Waals surface area contributed by atoms with E-state index < -0.39 is 23.5 Å². The Morgan fingerprint density at radius 2 is 2.05 bits per heavy atom. The summed E-state index contributed by atoms with van der Waals surface area (Å²) in [7, 11) is 0. The Labute approximate surface area is 121 Å². The lowest BCUT2D eigenvalue weighted by Gasteiger charge is -2.41. The molecule has 2 rings (SSSR count). The monoisotopic (exact) mass is 299 g/mol. The average Bonchev–Trinajstić information content (AvgIpc) is 2.41. The molecule has 1 unspecified atom stereocenters. The second-order valence-electron chi connectivity index (χ2n) is 5.54. The molecule has 1 saturated carbocycles. The molecule has 0 aromatic heterocycles. The van der Waals surface area contributed by atoms with Gasteiger partial charge in [0.05, 0.1) is 6.10 Å². The van der Waals surface area contributed by atoms with Gasteiger partial charge in [-0.05, 0) is 37.3 Å². The maximum atomic E-state index is 13.8. The van der Waals surface area contributed by atoms with Crippen LogP contribution in [0, 0.1) is 6.92 Å². The number of alkyl halides is 2. The molecule has 1 fully saturated rings. The normalized spacial score (nSPS) is 18.7. The van der Waals surface area contributed by atoms with Gasteiger partial charge < -0.3 is 15.5 Å². The van der Waals surface area contributed by atoms with Crippen LogP contribution in [0.3, 0.4) is 0 Å². The van der Waals surface area contributed by atoms with Crippen LogP contribution in [-0.2, 0) is 4.79 Å². The van der Waals surface area contributed by atoms with Crippen molar-refractivity contribution in [1.29, 1.82) is 0 Å². The van der Waals surface area contributed by atoms with E-state index in [0.717, 1.165) is 5.56 Å². The number of rotatable bonds is 5. The van der Waals surface area contributed by atoms with Crippen LogP contribution < -0.4 is 5.32 Å². The van der Waals surface area contributed by atoms with E-state index in [9.17, 15) is 23.8 Å². The lowest BCUT2D eigenvalue weighted by atomic mass is 9.75. The van der Waals surface area contributed by atoms with Gasteiger partial charge >= 0.3 is 5.92 Å². The molecule has 3 N–H and O–H groups in total. The molecule has 0 spiro atoms. The topological polar surface area (TPSA) is 69.6 Å². The van der Waals surface area contributed by atoms with Crippen molar-refractivity contribution in [3.8, 4) is 0 Å². The van der Waals surface area contributed by atoms with Crippen LogP contribution in [-0.4, -0.2) is 34.2 Å². The van der Waals surface area contributed by atoms with Crippen molar-refractivity contribution in [2.75, 3.05) is 6.54 Å². The van der Waals surface area contributed by atoms with Gasteiger partial charge in [0.2, 0.25) is 0 Å². The number of aryl methyl sites for hydroxylation is 1. The van der Waals surface area contributed by atoms with Crippen LogP contribution in [0.25, 0.3) is 0 Å². The Hall–Kier alpha value is -1.53. The van der Waals surface area contributed by atoms with E-state index in [0.29, 0.717) is 12.0 Å². The van der Waals surface area contributed by atoms with E-state index in [2.05, 4.69) is 0 Å². The number of aliphatic hydroxyl groups excluding tert-OH is 1. The number of amides is 1. The molecule has 1 aliphatic rings. The number of nitrogens with one attached hydrogen (secondary N) is 1. The van der Waals surface area contributed by atoms with E-state index in [-0.39, 0.29) is 19.4 Å². The van der Waals surface area contributed by atoms with Gasteiger partial charge in [-0.1, -0.05) is 24.3 Å². The zero-order chi connectivity index (χ0) is 15.7. The van der Waals surface area contributed by atoms with E-state index in [1.807, 2.05) is 5.32 Å². The highest BCUT2D eigenvalue weighted by Gasteiger charge is 2.61. The highest BCUT2D eigenvalue weighted by atomic mass is 19.3. The van der Waals surface area contributed by atoms with Crippen LogP contribution in [0.2, 0.25) is 0 Å². The molecule has 1 atom stereocenters. The third-order valence-electron chi connectivity index (χ3n) is 4.05. The highest BCUT2D eigenvalue weighted by Crippen LogP contribution is 2.44. The lowest BCUT2D eigenvalue weighted by Crippen LogP contribution is -2.60. The first-order valence-corrected chi connectivity index (χ1v) is 6.90. The summed E-state index contributed by atoms with van der Waals surface area (Å²) in [6, 6.07) is 6.97. The molecule has 0 radical (unpaired) electrons. The standard InChI is InChI=1S/C15H19F2NO3/c1-10-5-2-3-6-11(10)12(19)9-18-13(20)15(16,17)14(21)7-4-8-14/h2-3,5-6,12,19,21H,4,7-9H2,1H3,(H,18,20). The van der Waals surface area contributed by atoms with Crippen molar-refractivity contribution in [3.05, 3.63) is 35.4 Å². The fourth-order valence-electron chi connectivity index (χ4n) is 2.41. The summed E-state index contributed by atoms with van der Waals surface area (Å²) in [6.45, 7) is 1.46. The first-order valence-electron chi connectivity index (χ1n) is 6.90. The molecule has 4 nitrogen and oxygen atoms in total. The molecule has 0 aliphatic heterocycles. The summed E-state index contributed by atoms with van der Waals surface area (Å²) in [6.07, 6.45) is -0.769. The van der Waals surface area contributed by atoms with Crippen molar-refractivity contribution >= 4 is 5.91 Å². The van der Waals surface area contributed by atoms with E-state index >= 15 is 0 Å². The van der Waals surface area contributed by atoms with Crippen molar-refractivity contribution in [3.63, 3.8) is 0 Å². The van der Waals surface area contributed by atoms with Crippen LogP contribution in [0.4, 0.5) is 8.78 Å². The number of aliphatic hydroxyl groups is 2. The number of benzene rings is 1. The summed E-state index contributed by atoms with van der Waals surface area (Å²) in [5, 5.41) is 21.7. The number of hydrogen-bond acceptors (Lipinski definition) is 3. The highest BCUT2D eigenvalue weighted by molar-refractivity contribution is 5.85. The third-order valence-corrected chi connectivity index (χ3v) is 4.05. The minimum atomic E-state index is -3.84. The Morgan fingerprint density at radius 1 is 1.43 bits per heavy atom. The summed E-state index contributed by atoms with van der Waals surface area (Å²) in [5.41, 5.74) is -0.864. The molecule has 0 heterocycles. The molecule has 1 aliphatic carbocycles. The van der Waals surface area contributed by atoms with E-state index in [1.54, 1.807) is 31.2 Å². The van der Waals surface area contributed by atoms with E-state index in [4.69, 9.17) is 0 Å². The summed E-state index contributed by atoms with van der Waals surface area (Å²) < 4.78 is 27.7. The SMILES string of the molecule is Cc1ccccc1C(O)CNC(=O)C(F)(F)C1(O)CCC1. The van der Waals surface area contributed by atoms with Crippen LogP contribution in [0.5, 0.6) is 0 Å². The first-order chi connectivity index (χ1) is 9.78. The fraction of sp³-hybridized carbons (Fsp3) is 0.533. The van der Waals surface area contributed by atoms with Crippen molar-refractivity contribution in [2.24, 2.45) is 0 Å². The van der Waals surface area contributed by atoms with Crippen molar-refractivity contribution in [2.45, 2.75) is 43.8 Å². The number of carbonyl (C=O) groups excluding carboxylic acids is 1. The molecule has 0 saturated heterocycles. The Bertz CT molecular complexity index is 529. The molecule has 21 heavy (non-hydrogen) atoms. The minimum absolute atomic E-state index is 0.0895. The van der Waals surface area contributed by atoms with Gasteiger partial charge in [-0.2, -0.15) is 8.78 Å². The molecule has 1 aromatic carbocycles. The Morgan fingerprint density at radius 3 is 2.57 bits per heavy atom. The van der Waals surface area contributed by atoms with Gasteiger partial charge in [0.15, 0.2) is 0 Å². The number of hydrogen-bond donors (Lipinski definition) is 3. The van der Waals surface area contributed by atoms with Gasteiger partial charge in [0, 0.05) is 6.54 Å². The number of halogens is 2. The van der Waals surface area contributed by atoms with Crippen molar-refractivity contribution in [1.82, 2.24) is 5.32 Å². The maximum absolute atomic E-state index is 13.8. The molecule has 116 valence electrons. The van der Waals surface area contributed by atoms with Gasteiger partial charge in [0.1, 0.15) is 5.60 Å². The minimum Gasteiger partial charge on any atom is -0.387 e. The van der Waals surface area contributed by atoms with Crippen LogP contribution in [0.1, 0.15) is 36.5 Å². The molecular formula is C15H19F2NO3. The largest absolute Gasteiger partial charge is 0.387 e. The molecule has 0 bridgehead atoms. The fourth-order valence-corrected chi connectivity index (χ4v) is 2.41. The predicted molar refractivity (Wildman–Crippen MR) is 72.9 cm³/mol. The predicted octanol–water partition coefficient (Wildman–Crippen LogP) is 1.69. The summed E-state index contributed by atoms with van der Waals surface area (Å²) >= 11 is 0. The smallest absolute Gasteiger partial charge is 0.352 e. The average molecular weight is 299 g/mol. The Kier molecular flexibility index (Phi) is 4.30. The maximum Gasteiger partial charge on any atom is 0.352 e. The second-order valence-corrected chi connectivity index (χ2v) is 5.54. The quantitative estimate of drug-likeness (QED) is 0.775. The van der Waals surface area contributed by atoms with E-state index in [1.165, 1.54) is 0 Å². The van der Waals surface area contributed by atoms with Crippen LogP contribution >= 0.6 is 0 Å². The summed E-state index contributed by atoms with van der Waals surface area (Å²) in [5.74, 6) is -5.38. The lowest BCUT2D eigenvalue weighted by molar-refractivity contribution is -0.216. The van der Waals surface area contributed by atoms with Gasteiger partial charge in [-0.15, -0.1) is 0 Å². The van der Waals surface area contributed by atoms with Gasteiger partial charge in [-0.3, -0.25) is 4.79 Å². The molecule has 1 amide bonds.